The van der Waals surface area contributed by atoms with E-state index in [-0.39, 0.29) is 76.0 Å². The van der Waals surface area contributed by atoms with Gasteiger partial charge in [-0.15, -0.1) is 0 Å². The zero-order valence-corrected chi connectivity index (χ0v) is 32.2. The van der Waals surface area contributed by atoms with E-state index in [0.29, 0.717) is 26.1 Å². The third kappa shape index (κ3) is 7.72. The van der Waals surface area contributed by atoms with Gasteiger partial charge in [-0.2, -0.15) is 0 Å². The van der Waals surface area contributed by atoms with Gasteiger partial charge >= 0.3 is 17.9 Å². The standard InChI is InChI=1S/C38H67N3O6/c1-33(2)18-25(36(7,8)39-33)21-45-30(42)24-15-16-28(31(43)46-22-26-19-34(3,4)40(13)37(26,9)10)29(17-24)32(44)47-23-27-20-35(5,6)41(14)38(27,11)12/h24-29,39H,15-23H2,1-14H3. The molecule has 4 rings (SSSR count). The molecule has 0 aromatic heterocycles. The Morgan fingerprint density at radius 1 is 0.596 bits per heavy atom. The molecule has 6 unspecified atom stereocenters. The number of hydrogen-bond acceptors (Lipinski definition) is 9. The average molecular weight is 662 g/mol. The van der Waals surface area contributed by atoms with Gasteiger partial charge < -0.3 is 19.5 Å². The Balaban J connectivity index is 1.45. The van der Waals surface area contributed by atoms with Gasteiger partial charge in [0.25, 0.3) is 0 Å². The van der Waals surface area contributed by atoms with Crippen molar-refractivity contribution < 1.29 is 28.6 Å². The van der Waals surface area contributed by atoms with E-state index in [2.05, 4.69) is 112 Å². The molecular formula is C38H67N3O6. The lowest BCUT2D eigenvalue weighted by atomic mass is 9.74. The minimum Gasteiger partial charge on any atom is -0.465 e. The quantitative estimate of drug-likeness (QED) is 0.242. The third-order valence-corrected chi connectivity index (χ3v) is 13.5. The molecule has 47 heavy (non-hydrogen) atoms. The Morgan fingerprint density at radius 3 is 1.43 bits per heavy atom. The van der Waals surface area contributed by atoms with Gasteiger partial charge in [0.1, 0.15) is 0 Å². The average Bonchev–Trinajstić information content (AvgIpc) is 3.35. The van der Waals surface area contributed by atoms with Crippen LogP contribution in [0.3, 0.4) is 0 Å². The minimum absolute atomic E-state index is 0.00150. The van der Waals surface area contributed by atoms with Gasteiger partial charge in [0.05, 0.1) is 37.6 Å². The summed E-state index contributed by atoms with van der Waals surface area (Å²) in [7, 11) is 4.25. The van der Waals surface area contributed by atoms with E-state index < -0.39 is 23.7 Å². The zero-order valence-electron chi connectivity index (χ0n) is 32.2. The second-order valence-corrected chi connectivity index (χ2v) is 19.1. The van der Waals surface area contributed by atoms with E-state index in [1.807, 2.05) is 0 Å². The highest BCUT2D eigenvalue weighted by atomic mass is 16.5. The highest BCUT2D eigenvalue weighted by Crippen LogP contribution is 2.46. The van der Waals surface area contributed by atoms with E-state index in [0.717, 1.165) is 19.3 Å². The van der Waals surface area contributed by atoms with E-state index in [1.165, 1.54) is 0 Å². The van der Waals surface area contributed by atoms with Gasteiger partial charge in [-0.25, -0.2) is 0 Å². The molecule has 9 nitrogen and oxygen atoms in total. The van der Waals surface area contributed by atoms with E-state index in [4.69, 9.17) is 14.2 Å². The van der Waals surface area contributed by atoms with Gasteiger partial charge in [-0.1, -0.05) is 0 Å². The fraction of sp³-hybridized carbons (Fsp3) is 0.921. The number of carbonyl (C=O) groups excluding carboxylic acids is 3. The fourth-order valence-corrected chi connectivity index (χ4v) is 9.58. The molecule has 6 atom stereocenters. The van der Waals surface area contributed by atoms with Crippen molar-refractivity contribution in [2.75, 3.05) is 33.9 Å². The van der Waals surface area contributed by atoms with Crippen molar-refractivity contribution >= 4 is 17.9 Å². The Morgan fingerprint density at radius 2 is 1.02 bits per heavy atom. The van der Waals surface area contributed by atoms with Crippen LogP contribution in [-0.2, 0) is 28.6 Å². The molecule has 270 valence electrons. The van der Waals surface area contributed by atoms with Crippen LogP contribution in [0.1, 0.15) is 122 Å². The molecule has 3 saturated heterocycles. The third-order valence-electron chi connectivity index (χ3n) is 13.5. The smallest absolute Gasteiger partial charge is 0.309 e. The minimum atomic E-state index is -0.747. The summed E-state index contributed by atoms with van der Waals surface area (Å²) >= 11 is 0. The van der Waals surface area contributed by atoms with Crippen LogP contribution in [0, 0.1) is 35.5 Å². The van der Waals surface area contributed by atoms with Crippen LogP contribution in [0.15, 0.2) is 0 Å². The maximum atomic E-state index is 13.9. The fourth-order valence-electron chi connectivity index (χ4n) is 9.58. The number of carbonyl (C=O) groups is 3. The molecule has 0 spiro atoms. The molecular weight excluding hydrogens is 594 g/mol. The van der Waals surface area contributed by atoms with Crippen LogP contribution in [0.25, 0.3) is 0 Å². The van der Waals surface area contributed by atoms with Crippen molar-refractivity contribution in [1.29, 1.82) is 0 Å². The molecule has 0 aromatic rings. The Labute approximate surface area is 285 Å². The van der Waals surface area contributed by atoms with Crippen molar-refractivity contribution in [3.8, 4) is 0 Å². The van der Waals surface area contributed by atoms with E-state index >= 15 is 0 Å². The van der Waals surface area contributed by atoms with Crippen LogP contribution < -0.4 is 5.32 Å². The number of nitrogens with zero attached hydrogens (tertiary/aromatic N) is 2. The SMILES string of the molecule is CN1C(C)(C)CC(COC(=O)C2CCC(C(=O)OCC3CC(C)(C)NC3(C)C)CC2C(=O)OCC2CC(C)(C)N(C)C2(C)C)C1(C)C. The predicted octanol–water partition coefficient (Wildman–Crippen LogP) is 5.83. The second kappa shape index (κ2) is 12.9. The normalized spacial score (nSPS) is 35.4. The molecule has 0 bridgehead atoms. The van der Waals surface area contributed by atoms with Crippen LogP contribution in [0.2, 0.25) is 0 Å². The number of ether oxygens (including phenoxy) is 3. The molecule has 4 aliphatic rings. The zero-order chi connectivity index (χ0) is 35.5. The molecule has 3 aliphatic heterocycles. The molecule has 0 amide bonds. The topological polar surface area (TPSA) is 97.4 Å². The summed E-state index contributed by atoms with van der Waals surface area (Å²) in [5.74, 6) is -2.38. The van der Waals surface area contributed by atoms with Crippen molar-refractivity contribution in [2.45, 2.75) is 155 Å². The maximum Gasteiger partial charge on any atom is 0.309 e. The Hall–Kier alpha value is -1.71. The summed E-state index contributed by atoms with van der Waals surface area (Å²) in [6, 6.07) is 0. The Bertz CT molecular complexity index is 1190. The van der Waals surface area contributed by atoms with Crippen molar-refractivity contribution in [3.63, 3.8) is 0 Å². The van der Waals surface area contributed by atoms with Crippen molar-refractivity contribution in [1.82, 2.24) is 15.1 Å². The monoisotopic (exact) mass is 662 g/mol. The first-order chi connectivity index (χ1) is 21.3. The molecule has 0 aromatic carbocycles. The molecule has 1 saturated carbocycles. The molecule has 0 radical (unpaired) electrons. The molecule has 9 heteroatoms. The summed E-state index contributed by atoms with van der Waals surface area (Å²) in [5.41, 5.74) is -0.454. The van der Waals surface area contributed by atoms with Crippen LogP contribution in [0.5, 0.6) is 0 Å². The van der Waals surface area contributed by atoms with Crippen LogP contribution in [0.4, 0.5) is 0 Å². The molecule has 1 aliphatic carbocycles. The van der Waals surface area contributed by atoms with Crippen molar-refractivity contribution in [2.24, 2.45) is 35.5 Å². The first-order valence-electron chi connectivity index (χ1n) is 18.1. The highest BCUT2D eigenvalue weighted by molar-refractivity contribution is 5.84. The number of nitrogens with one attached hydrogen (secondary N) is 1. The Kier molecular flexibility index (Phi) is 10.4. The van der Waals surface area contributed by atoms with Crippen molar-refractivity contribution in [3.05, 3.63) is 0 Å². The summed E-state index contributed by atoms with van der Waals surface area (Å²) in [6.07, 6.45) is 3.85. The lowest BCUT2D eigenvalue weighted by molar-refractivity contribution is -0.169. The lowest BCUT2D eigenvalue weighted by Crippen LogP contribution is -2.48. The summed E-state index contributed by atoms with van der Waals surface area (Å²) in [6.45, 7) is 27.2. The second-order valence-electron chi connectivity index (χ2n) is 19.1. The van der Waals surface area contributed by atoms with Gasteiger partial charge in [0, 0.05) is 51.0 Å². The predicted molar refractivity (Wildman–Crippen MR) is 185 cm³/mol. The number of hydrogen-bond donors (Lipinski definition) is 1. The molecule has 1 N–H and O–H groups in total. The van der Waals surface area contributed by atoms with E-state index in [9.17, 15) is 14.4 Å². The largest absolute Gasteiger partial charge is 0.465 e. The van der Waals surface area contributed by atoms with Gasteiger partial charge in [-0.3, -0.25) is 24.2 Å². The molecule has 4 fully saturated rings. The van der Waals surface area contributed by atoms with Crippen LogP contribution in [-0.4, -0.2) is 94.9 Å². The lowest BCUT2D eigenvalue weighted by Gasteiger charge is -2.39. The van der Waals surface area contributed by atoms with Crippen LogP contribution >= 0.6 is 0 Å². The van der Waals surface area contributed by atoms with Gasteiger partial charge in [0.15, 0.2) is 0 Å². The van der Waals surface area contributed by atoms with Gasteiger partial charge in [0.2, 0.25) is 0 Å². The summed E-state index contributed by atoms with van der Waals surface area (Å²) < 4.78 is 18.0. The molecule has 3 heterocycles. The number of rotatable bonds is 9. The first-order valence-corrected chi connectivity index (χ1v) is 18.1. The summed E-state index contributed by atoms with van der Waals surface area (Å²) in [5, 5.41) is 3.65. The number of likely N-dealkylation sites (tertiary alicyclic amines) is 2. The van der Waals surface area contributed by atoms with Gasteiger partial charge in [-0.05, 0) is 136 Å². The number of esters is 3. The summed E-state index contributed by atoms with van der Waals surface area (Å²) in [4.78, 5) is 45.8. The maximum absolute atomic E-state index is 13.9. The first kappa shape index (κ1) is 38.1. The highest BCUT2D eigenvalue weighted by Gasteiger charge is 2.52. The van der Waals surface area contributed by atoms with E-state index in [1.54, 1.807) is 0 Å².